The van der Waals surface area contributed by atoms with Gasteiger partial charge in [0.05, 0.1) is 16.8 Å². The molecule has 4 rings (SSSR count). The lowest BCUT2D eigenvalue weighted by Gasteiger charge is -2.31. The number of carbonyl (C=O) groups is 1. The fraction of sp³-hybridized carbons (Fsp3) is 0.400. The highest BCUT2D eigenvalue weighted by Crippen LogP contribution is 2.24. The number of carbonyl (C=O) groups excluding carboxylic acids is 1. The molecule has 0 atom stereocenters. The van der Waals surface area contributed by atoms with E-state index in [9.17, 15) is 14.9 Å². The van der Waals surface area contributed by atoms with Crippen LogP contribution in [0.3, 0.4) is 0 Å². The molecule has 0 aliphatic heterocycles. The summed E-state index contributed by atoms with van der Waals surface area (Å²) in [5.41, 5.74) is 9.11. The van der Waals surface area contributed by atoms with Gasteiger partial charge in [0, 0.05) is 30.3 Å². The fourth-order valence-electron chi connectivity index (χ4n) is 3.95. The fourth-order valence-corrected chi connectivity index (χ4v) is 3.95. The Balaban J connectivity index is 1.56. The molecule has 14 heteroatoms. The Morgan fingerprint density at radius 3 is 2.88 bits per heavy atom. The normalized spacial score (nSPS) is 14.6. The quantitative estimate of drug-likeness (QED) is 0.280. The number of hydrogen-bond donors (Lipinski definition) is 2. The summed E-state index contributed by atoms with van der Waals surface area (Å²) in [7, 11) is 1.99. The molecule has 178 valence electrons. The topological polar surface area (TPSA) is 183 Å². The number of nitrogens with two attached hydrogens (primary N) is 1. The van der Waals surface area contributed by atoms with Gasteiger partial charge in [0.25, 0.3) is 11.6 Å². The van der Waals surface area contributed by atoms with Crippen LogP contribution in [-0.2, 0) is 6.54 Å². The minimum Gasteiger partial charge on any atom is -0.378 e. The third-order valence-electron chi connectivity index (χ3n) is 5.73. The van der Waals surface area contributed by atoms with Gasteiger partial charge in [-0.05, 0) is 30.2 Å². The summed E-state index contributed by atoms with van der Waals surface area (Å²) in [5.74, 6) is -0.448. The van der Waals surface area contributed by atoms with Crippen molar-refractivity contribution < 1.29 is 14.3 Å². The number of nitro groups is 1. The first kappa shape index (κ1) is 23.0. The van der Waals surface area contributed by atoms with Crippen molar-refractivity contribution in [1.29, 1.82) is 0 Å². The minimum atomic E-state index is -0.602. The van der Waals surface area contributed by atoms with Crippen molar-refractivity contribution in [3.63, 3.8) is 0 Å². The van der Waals surface area contributed by atoms with E-state index in [2.05, 4.69) is 40.7 Å². The van der Waals surface area contributed by atoms with Crippen molar-refractivity contribution in [3.8, 4) is 5.82 Å². The molecule has 2 heterocycles. The lowest BCUT2D eigenvalue weighted by molar-refractivity contribution is -0.384. The molecular formula is C20H24N10O4. The number of amides is 1. The molecule has 1 aromatic carbocycles. The van der Waals surface area contributed by atoms with Crippen LogP contribution >= 0.6 is 0 Å². The lowest BCUT2D eigenvalue weighted by Crippen LogP contribution is -2.34. The van der Waals surface area contributed by atoms with E-state index in [1.807, 2.05) is 7.05 Å². The third kappa shape index (κ3) is 5.06. The molecule has 0 spiro atoms. The van der Waals surface area contributed by atoms with Gasteiger partial charge in [0.2, 0.25) is 11.6 Å². The van der Waals surface area contributed by atoms with Crippen LogP contribution in [0.1, 0.15) is 53.8 Å². The van der Waals surface area contributed by atoms with Crippen molar-refractivity contribution in [2.45, 2.75) is 44.7 Å². The van der Waals surface area contributed by atoms with E-state index < -0.39 is 10.8 Å². The molecule has 1 amide bonds. The van der Waals surface area contributed by atoms with Gasteiger partial charge in [-0.15, -0.1) is 5.10 Å². The zero-order chi connectivity index (χ0) is 24.1. The van der Waals surface area contributed by atoms with Crippen LogP contribution in [0.25, 0.3) is 5.82 Å². The highest BCUT2D eigenvalue weighted by molar-refractivity contribution is 5.94. The monoisotopic (exact) mass is 468 g/mol. The Bertz CT molecular complexity index is 1200. The largest absolute Gasteiger partial charge is 0.378 e. The number of non-ortho nitro benzene ring substituents is 1. The molecule has 3 N–H and O–H groups in total. The number of nitrogens with one attached hydrogen (secondary N) is 1. The first-order valence-electron chi connectivity index (χ1n) is 10.7. The zero-order valence-corrected chi connectivity index (χ0v) is 18.5. The molecule has 0 radical (unpaired) electrons. The van der Waals surface area contributed by atoms with Gasteiger partial charge < -0.3 is 5.73 Å². The number of anilines is 1. The zero-order valence-electron chi connectivity index (χ0n) is 18.5. The summed E-state index contributed by atoms with van der Waals surface area (Å²) in [6.07, 6.45) is 6.99. The van der Waals surface area contributed by atoms with Crippen LogP contribution < -0.4 is 11.2 Å². The molecule has 1 aliphatic rings. The maximum Gasteiger partial charge on any atom is 0.293 e. The van der Waals surface area contributed by atoms with E-state index in [4.69, 9.17) is 5.73 Å². The average Bonchev–Trinajstić information content (AvgIpc) is 3.45. The van der Waals surface area contributed by atoms with Crippen molar-refractivity contribution in [3.05, 3.63) is 51.3 Å². The number of aromatic nitrogens is 5. The van der Waals surface area contributed by atoms with Gasteiger partial charge in [-0.25, -0.2) is 10.1 Å². The van der Waals surface area contributed by atoms with E-state index in [-0.39, 0.29) is 23.0 Å². The number of hydrazone groups is 1. The minimum absolute atomic E-state index is 0.0159. The van der Waals surface area contributed by atoms with Crippen LogP contribution in [0.2, 0.25) is 0 Å². The van der Waals surface area contributed by atoms with Crippen LogP contribution in [-0.4, -0.2) is 60.3 Å². The third-order valence-corrected chi connectivity index (χ3v) is 5.73. The van der Waals surface area contributed by atoms with E-state index >= 15 is 0 Å². The predicted molar refractivity (Wildman–Crippen MR) is 120 cm³/mol. The van der Waals surface area contributed by atoms with Gasteiger partial charge in [-0.3, -0.25) is 19.8 Å². The summed E-state index contributed by atoms with van der Waals surface area (Å²) in [5, 5.41) is 30.3. The maximum absolute atomic E-state index is 12.9. The van der Waals surface area contributed by atoms with Gasteiger partial charge in [-0.1, -0.05) is 36.6 Å². The van der Waals surface area contributed by atoms with Crippen molar-refractivity contribution in [2.75, 3.05) is 12.8 Å². The number of nitrogen functional groups attached to an aromatic ring is 1. The number of nitro benzene ring substituents is 1. The number of nitrogens with zero attached hydrogens (tertiary/aromatic N) is 8. The Morgan fingerprint density at radius 1 is 1.38 bits per heavy atom. The molecule has 2 aromatic heterocycles. The van der Waals surface area contributed by atoms with Crippen molar-refractivity contribution in [1.82, 2.24) is 35.6 Å². The lowest BCUT2D eigenvalue weighted by atomic mass is 9.94. The first-order valence-corrected chi connectivity index (χ1v) is 10.7. The van der Waals surface area contributed by atoms with E-state index in [1.54, 1.807) is 6.07 Å². The Hall–Kier alpha value is -4.20. The van der Waals surface area contributed by atoms with Gasteiger partial charge in [0.15, 0.2) is 5.69 Å². The van der Waals surface area contributed by atoms with Gasteiger partial charge in [-0.2, -0.15) is 9.78 Å². The van der Waals surface area contributed by atoms with E-state index in [0.717, 1.165) is 25.7 Å². The molecular weight excluding hydrogens is 444 g/mol. The number of benzene rings is 1. The second-order valence-electron chi connectivity index (χ2n) is 8.03. The van der Waals surface area contributed by atoms with E-state index in [0.29, 0.717) is 23.8 Å². The summed E-state index contributed by atoms with van der Waals surface area (Å²) in [4.78, 5) is 25.5. The Morgan fingerprint density at radius 2 is 2.18 bits per heavy atom. The smallest absolute Gasteiger partial charge is 0.293 e. The molecule has 34 heavy (non-hydrogen) atoms. The highest BCUT2D eigenvalue weighted by Gasteiger charge is 2.27. The molecule has 14 nitrogen and oxygen atoms in total. The molecule has 1 fully saturated rings. The van der Waals surface area contributed by atoms with Gasteiger partial charge in [0.1, 0.15) is 0 Å². The number of hydrogen-bond acceptors (Lipinski definition) is 11. The summed E-state index contributed by atoms with van der Waals surface area (Å²) >= 11 is 0. The number of rotatable bonds is 8. The summed E-state index contributed by atoms with van der Waals surface area (Å²) in [6, 6.07) is 6.24. The highest BCUT2D eigenvalue weighted by atomic mass is 16.6. The summed E-state index contributed by atoms with van der Waals surface area (Å²) in [6.45, 7) is 0.362. The molecule has 3 aromatic rings. The van der Waals surface area contributed by atoms with Crippen molar-refractivity contribution >= 4 is 23.6 Å². The standard InChI is InChI=1S/C20H24N10O4/c1-28(14-7-3-2-4-8-14)12-16-17(23-27-29(16)19-18(21)25-34-26-19)20(31)24-22-11-13-6-5-9-15(10-13)30(32)33/h5-6,9-11,14H,2-4,7-8,12H2,1H3,(H2,21,25)(H,24,31)/b22-11-. The molecule has 0 bridgehead atoms. The molecule has 1 aliphatic carbocycles. The van der Waals surface area contributed by atoms with Crippen LogP contribution in [0.4, 0.5) is 11.5 Å². The predicted octanol–water partition coefficient (Wildman–Crippen LogP) is 1.67. The SMILES string of the molecule is CN(Cc1c(C(=O)N/N=C\c2cccc([N+](=O)[O-])c2)nnn1-c1nonc1N)C1CCCCC1. The van der Waals surface area contributed by atoms with Crippen LogP contribution in [0, 0.1) is 10.1 Å². The second-order valence-corrected chi connectivity index (χ2v) is 8.03. The Kier molecular flexibility index (Phi) is 6.87. The van der Waals surface area contributed by atoms with Crippen LogP contribution in [0.5, 0.6) is 0 Å². The molecule has 0 saturated heterocycles. The van der Waals surface area contributed by atoms with Crippen molar-refractivity contribution in [2.24, 2.45) is 5.10 Å². The first-order chi connectivity index (χ1) is 16.4. The molecule has 0 unspecified atom stereocenters. The molecule has 1 saturated carbocycles. The Labute approximate surface area is 193 Å². The average molecular weight is 468 g/mol. The summed E-state index contributed by atoms with van der Waals surface area (Å²) < 4.78 is 6.02. The van der Waals surface area contributed by atoms with Gasteiger partial charge >= 0.3 is 0 Å². The maximum atomic E-state index is 12.9. The second kappa shape index (κ2) is 10.2. The van der Waals surface area contributed by atoms with E-state index in [1.165, 1.54) is 35.5 Å². The van der Waals surface area contributed by atoms with Crippen LogP contribution in [0.15, 0.2) is 34.0 Å².